The first-order valence-electron chi connectivity index (χ1n) is 8.69. The number of aryl methyl sites for hydroxylation is 2. The lowest BCUT2D eigenvalue weighted by Gasteiger charge is -2.29. The molecule has 1 aromatic heterocycles. The SMILES string of the molecule is N#CC1CCCN(C(=O)Nc2ccc(CCc3ccccn3)cc2)C1. The number of nitrogens with one attached hydrogen (secondary N) is 1. The zero-order valence-electron chi connectivity index (χ0n) is 14.2. The molecule has 1 aliphatic heterocycles. The number of aromatic nitrogens is 1. The number of carbonyl (C=O) groups excluding carboxylic acids is 1. The van der Waals surface area contributed by atoms with Crippen molar-refractivity contribution in [3.63, 3.8) is 0 Å². The van der Waals surface area contributed by atoms with Gasteiger partial charge in [0.2, 0.25) is 0 Å². The van der Waals surface area contributed by atoms with E-state index in [2.05, 4.69) is 16.4 Å². The minimum Gasteiger partial charge on any atom is -0.323 e. The molecule has 25 heavy (non-hydrogen) atoms. The lowest BCUT2D eigenvalue weighted by atomic mass is 10.0. The Morgan fingerprint density at radius 3 is 2.80 bits per heavy atom. The highest BCUT2D eigenvalue weighted by Crippen LogP contribution is 2.17. The number of urea groups is 1. The third kappa shape index (κ3) is 4.80. The fourth-order valence-electron chi connectivity index (χ4n) is 3.04. The molecule has 0 bridgehead atoms. The van der Waals surface area contributed by atoms with Crippen LogP contribution < -0.4 is 5.32 Å². The average molecular weight is 334 g/mol. The highest BCUT2D eigenvalue weighted by atomic mass is 16.2. The van der Waals surface area contributed by atoms with Gasteiger partial charge in [-0.05, 0) is 55.5 Å². The van der Waals surface area contributed by atoms with Crippen LogP contribution in [0.5, 0.6) is 0 Å². The molecule has 1 saturated heterocycles. The minimum atomic E-state index is -0.124. The van der Waals surface area contributed by atoms with E-state index in [9.17, 15) is 4.79 Å². The van der Waals surface area contributed by atoms with Gasteiger partial charge in [0.25, 0.3) is 0 Å². The van der Waals surface area contributed by atoms with E-state index in [4.69, 9.17) is 5.26 Å². The van der Waals surface area contributed by atoms with Crippen LogP contribution in [-0.4, -0.2) is 29.0 Å². The van der Waals surface area contributed by atoms with E-state index in [-0.39, 0.29) is 11.9 Å². The van der Waals surface area contributed by atoms with E-state index in [1.165, 1.54) is 5.56 Å². The van der Waals surface area contributed by atoms with Crippen molar-refractivity contribution in [3.05, 3.63) is 59.9 Å². The molecular weight excluding hydrogens is 312 g/mol. The highest BCUT2D eigenvalue weighted by Gasteiger charge is 2.23. The van der Waals surface area contributed by atoms with Crippen LogP contribution in [0.4, 0.5) is 10.5 Å². The summed E-state index contributed by atoms with van der Waals surface area (Å²) < 4.78 is 0. The Bertz CT molecular complexity index is 737. The van der Waals surface area contributed by atoms with Crippen LogP contribution in [-0.2, 0) is 12.8 Å². The second-order valence-electron chi connectivity index (χ2n) is 6.36. The first-order valence-corrected chi connectivity index (χ1v) is 8.69. The number of likely N-dealkylation sites (tertiary alicyclic amines) is 1. The molecule has 2 heterocycles. The molecule has 0 spiro atoms. The van der Waals surface area contributed by atoms with Gasteiger partial charge in [0, 0.05) is 30.7 Å². The molecule has 128 valence electrons. The predicted molar refractivity (Wildman–Crippen MR) is 97.0 cm³/mol. The Kier molecular flexibility index (Phi) is 5.63. The second-order valence-corrected chi connectivity index (χ2v) is 6.36. The maximum absolute atomic E-state index is 12.3. The zero-order valence-corrected chi connectivity index (χ0v) is 14.2. The van der Waals surface area contributed by atoms with Gasteiger partial charge in [0.1, 0.15) is 0 Å². The Balaban J connectivity index is 1.52. The number of hydrogen-bond donors (Lipinski definition) is 1. The van der Waals surface area contributed by atoms with Gasteiger partial charge >= 0.3 is 6.03 Å². The maximum Gasteiger partial charge on any atom is 0.321 e. The molecule has 5 nitrogen and oxygen atoms in total. The van der Waals surface area contributed by atoms with Gasteiger partial charge in [-0.3, -0.25) is 4.98 Å². The fourth-order valence-corrected chi connectivity index (χ4v) is 3.04. The van der Waals surface area contributed by atoms with Crippen molar-refractivity contribution < 1.29 is 4.79 Å². The van der Waals surface area contributed by atoms with Gasteiger partial charge in [0.05, 0.1) is 12.0 Å². The summed E-state index contributed by atoms with van der Waals surface area (Å²) in [5.74, 6) is -0.0477. The molecule has 1 aromatic carbocycles. The molecule has 2 aromatic rings. The molecule has 1 unspecified atom stereocenters. The number of anilines is 1. The van der Waals surface area contributed by atoms with E-state index in [1.54, 1.807) is 4.90 Å². The summed E-state index contributed by atoms with van der Waals surface area (Å²) in [7, 11) is 0. The Hall–Kier alpha value is -2.87. The first-order chi connectivity index (χ1) is 12.2. The van der Waals surface area contributed by atoms with E-state index < -0.39 is 0 Å². The molecule has 1 N–H and O–H groups in total. The molecule has 0 saturated carbocycles. The smallest absolute Gasteiger partial charge is 0.321 e. The standard InChI is InChI=1S/C20H22N4O/c21-14-17-4-3-13-24(15-17)20(25)23-19-10-7-16(8-11-19)6-9-18-5-1-2-12-22-18/h1-2,5,7-8,10-12,17H,3-4,6,9,13,15H2,(H,23,25). The average Bonchev–Trinajstić information content (AvgIpc) is 2.68. The third-order valence-electron chi connectivity index (χ3n) is 4.49. The molecule has 5 heteroatoms. The molecular formula is C20H22N4O. The van der Waals surface area contributed by atoms with E-state index in [0.717, 1.165) is 37.1 Å². The predicted octanol–water partition coefficient (Wildman–Crippen LogP) is 3.63. The molecule has 3 rings (SSSR count). The molecule has 1 atom stereocenters. The lowest BCUT2D eigenvalue weighted by molar-refractivity contribution is 0.189. The monoisotopic (exact) mass is 334 g/mol. The number of nitriles is 1. The van der Waals surface area contributed by atoms with Crippen LogP contribution >= 0.6 is 0 Å². The number of amides is 2. The molecule has 0 radical (unpaired) electrons. The van der Waals surface area contributed by atoms with Gasteiger partial charge < -0.3 is 10.2 Å². The number of piperidine rings is 1. The van der Waals surface area contributed by atoms with Crippen molar-refractivity contribution in [2.24, 2.45) is 5.92 Å². The topological polar surface area (TPSA) is 69.0 Å². The molecule has 1 aliphatic rings. The number of hydrogen-bond acceptors (Lipinski definition) is 3. The number of carbonyl (C=O) groups is 1. The van der Waals surface area contributed by atoms with Crippen LogP contribution in [0.15, 0.2) is 48.7 Å². The number of nitrogens with zero attached hydrogens (tertiary/aromatic N) is 3. The van der Waals surface area contributed by atoms with Crippen molar-refractivity contribution in [1.29, 1.82) is 5.26 Å². The van der Waals surface area contributed by atoms with Crippen LogP contribution in [0.2, 0.25) is 0 Å². The summed E-state index contributed by atoms with van der Waals surface area (Å²) in [6, 6.07) is 16.0. The van der Waals surface area contributed by atoms with Gasteiger partial charge in [-0.1, -0.05) is 18.2 Å². The van der Waals surface area contributed by atoms with Crippen molar-refractivity contribution in [1.82, 2.24) is 9.88 Å². The number of pyridine rings is 1. The Morgan fingerprint density at radius 1 is 1.24 bits per heavy atom. The van der Waals surface area contributed by atoms with Gasteiger partial charge in [-0.25, -0.2) is 4.79 Å². The lowest BCUT2D eigenvalue weighted by Crippen LogP contribution is -2.42. The van der Waals surface area contributed by atoms with Crippen LogP contribution in [0, 0.1) is 17.2 Å². The molecule has 0 aliphatic carbocycles. The van der Waals surface area contributed by atoms with Gasteiger partial charge in [-0.15, -0.1) is 0 Å². The van der Waals surface area contributed by atoms with E-state index >= 15 is 0 Å². The molecule has 1 fully saturated rings. The quantitative estimate of drug-likeness (QED) is 0.928. The summed E-state index contributed by atoms with van der Waals surface area (Å²) in [6.07, 6.45) is 5.39. The summed E-state index contributed by atoms with van der Waals surface area (Å²) in [4.78, 5) is 18.4. The zero-order chi connectivity index (χ0) is 17.5. The first kappa shape index (κ1) is 17.0. The van der Waals surface area contributed by atoms with Gasteiger partial charge in [0.15, 0.2) is 0 Å². The van der Waals surface area contributed by atoms with Crippen molar-refractivity contribution in [2.75, 3.05) is 18.4 Å². The normalized spacial score (nSPS) is 16.9. The third-order valence-corrected chi connectivity index (χ3v) is 4.49. The summed E-state index contributed by atoms with van der Waals surface area (Å²) >= 11 is 0. The van der Waals surface area contributed by atoms with Crippen LogP contribution in [0.1, 0.15) is 24.1 Å². The highest BCUT2D eigenvalue weighted by molar-refractivity contribution is 5.89. The second kappa shape index (κ2) is 8.29. The largest absolute Gasteiger partial charge is 0.323 e. The Morgan fingerprint density at radius 2 is 2.08 bits per heavy atom. The van der Waals surface area contributed by atoms with Crippen molar-refractivity contribution >= 4 is 11.7 Å². The van der Waals surface area contributed by atoms with Crippen LogP contribution in [0.25, 0.3) is 0 Å². The minimum absolute atomic E-state index is 0.0477. The summed E-state index contributed by atoms with van der Waals surface area (Å²) in [6.45, 7) is 1.23. The number of benzene rings is 1. The Labute approximate surface area is 148 Å². The van der Waals surface area contributed by atoms with Crippen molar-refractivity contribution in [2.45, 2.75) is 25.7 Å². The van der Waals surface area contributed by atoms with E-state index in [1.807, 2.05) is 48.7 Å². The maximum atomic E-state index is 12.3. The fraction of sp³-hybridized carbons (Fsp3) is 0.350. The van der Waals surface area contributed by atoms with Crippen molar-refractivity contribution in [3.8, 4) is 6.07 Å². The molecule has 2 amide bonds. The summed E-state index contributed by atoms with van der Waals surface area (Å²) in [5.41, 5.74) is 3.08. The van der Waals surface area contributed by atoms with E-state index in [0.29, 0.717) is 13.1 Å². The summed E-state index contributed by atoms with van der Waals surface area (Å²) in [5, 5.41) is 12.0. The van der Waals surface area contributed by atoms with Crippen LogP contribution in [0.3, 0.4) is 0 Å². The number of rotatable bonds is 4. The van der Waals surface area contributed by atoms with Gasteiger partial charge in [-0.2, -0.15) is 5.26 Å².